The molecule has 1 saturated heterocycles. The number of hydrogen-bond donors (Lipinski definition) is 0. The summed E-state index contributed by atoms with van der Waals surface area (Å²) in [7, 11) is 0. The van der Waals surface area contributed by atoms with Crippen molar-refractivity contribution in [3.63, 3.8) is 0 Å². The van der Waals surface area contributed by atoms with E-state index in [1.807, 2.05) is 17.9 Å². The maximum Gasteiger partial charge on any atom is 0.263 e. The van der Waals surface area contributed by atoms with Crippen LogP contribution in [0.15, 0.2) is 18.2 Å². The van der Waals surface area contributed by atoms with Crippen molar-refractivity contribution in [2.75, 3.05) is 13.1 Å². The third kappa shape index (κ3) is 3.29. The highest BCUT2D eigenvalue weighted by atomic mass is 16.5. The van der Waals surface area contributed by atoms with Gasteiger partial charge in [0.1, 0.15) is 5.75 Å². The van der Waals surface area contributed by atoms with E-state index in [4.69, 9.17) is 4.74 Å². The van der Waals surface area contributed by atoms with Crippen LogP contribution in [-0.2, 0) is 17.6 Å². The highest BCUT2D eigenvalue weighted by Crippen LogP contribution is 2.30. The summed E-state index contributed by atoms with van der Waals surface area (Å²) in [6.07, 6.45) is 6.64. The van der Waals surface area contributed by atoms with Crippen molar-refractivity contribution < 1.29 is 9.53 Å². The number of hydrogen-bond acceptors (Lipinski definition) is 2. The molecule has 0 aromatic heterocycles. The molecule has 0 spiro atoms. The summed E-state index contributed by atoms with van der Waals surface area (Å²) in [5, 5.41) is 0. The minimum Gasteiger partial charge on any atom is -0.481 e. The second kappa shape index (κ2) is 6.72. The Bertz CT molecular complexity index is 540. The Morgan fingerprint density at radius 2 is 2.09 bits per heavy atom. The van der Waals surface area contributed by atoms with Crippen LogP contribution >= 0.6 is 0 Å². The summed E-state index contributed by atoms with van der Waals surface area (Å²) >= 11 is 0. The van der Waals surface area contributed by atoms with Gasteiger partial charge in [0.15, 0.2) is 6.10 Å². The van der Waals surface area contributed by atoms with Crippen molar-refractivity contribution in [1.29, 1.82) is 0 Å². The van der Waals surface area contributed by atoms with E-state index in [2.05, 4.69) is 19.1 Å². The smallest absolute Gasteiger partial charge is 0.263 e. The number of nitrogens with zero attached hydrogens (tertiary/aromatic N) is 1. The molecule has 1 aromatic carbocycles. The lowest BCUT2D eigenvalue weighted by Crippen LogP contribution is -2.45. The first kappa shape index (κ1) is 15.4. The number of fused-ring (bicyclic) bond motifs is 1. The number of carbonyl (C=O) groups excluding carboxylic acids is 1. The quantitative estimate of drug-likeness (QED) is 0.854. The predicted molar refractivity (Wildman–Crippen MR) is 88.2 cm³/mol. The number of carbonyl (C=O) groups is 1. The zero-order chi connectivity index (χ0) is 15.5. The van der Waals surface area contributed by atoms with E-state index in [0.29, 0.717) is 5.92 Å². The molecule has 1 heterocycles. The summed E-state index contributed by atoms with van der Waals surface area (Å²) in [5.74, 6) is 1.66. The molecule has 1 amide bonds. The Labute approximate surface area is 133 Å². The van der Waals surface area contributed by atoms with Crippen LogP contribution in [0, 0.1) is 5.92 Å². The summed E-state index contributed by atoms with van der Waals surface area (Å²) in [6, 6.07) is 6.27. The molecular formula is C19H27NO2. The zero-order valence-corrected chi connectivity index (χ0v) is 13.8. The van der Waals surface area contributed by atoms with Gasteiger partial charge in [-0.2, -0.15) is 0 Å². The molecule has 1 aliphatic carbocycles. The summed E-state index contributed by atoms with van der Waals surface area (Å²) in [6.45, 7) is 5.87. The molecule has 3 heteroatoms. The molecule has 2 aliphatic rings. The van der Waals surface area contributed by atoms with E-state index < -0.39 is 6.10 Å². The molecule has 3 rings (SSSR count). The minimum absolute atomic E-state index is 0.139. The predicted octanol–water partition coefficient (Wildman–Crippen LogP) is 3.59. The number of rotatable bonds is 3. The molecule has 1 aliphatic heterocycles. The van der Waals surface area contributed by atoms with Gasteiger partial charge in [0.05, 0.1) is 0 Å². The second-order valence-electron chi connectivity index (χ2n) is 6.89. The van der Waals surface area contributed by atoms with Gasteiger partial charge in [-0.1, -0.05) is 19.1 Å². The molecule has 0 N–H and O–H groups in total. The van der Waals surface area contributed by atoms with Gasteiger partial charge >= 0.3 is 0 Å². The third-order valence-electron chi connectivity index (χ3n) is 4.97. The van der Waals surface area contributed by atoms with E-state index in [9.17, 15) is 4.79 Å². The molecular weight excluding hydrogens is 274 g/mol. The van der Waals surface area contributed by atoms with Crippen LogP contribution in [-0.4, -0.2) is 30.0 Å². The number of benzene rings is 1. The van der Waals surface area contributed by atoms with Crippen molar-refractivity contribution >= 4 is 5.91 Å². The van der Waals surface area contributed by atoms with Crippen LogP contribution in [0.25, 0.3) is 0 Å². The number of amides is 1. The summed E-state index contributed by atoms with van der Waals surface area (Å²) in [5.41, 5.74) is 2.72. The van der Waals surface area contributed by atoms with Gasteiger partial charge in [0.25, 0.3) is 5.91 Å². The van der Waals surface area contributed by atoms with Gasteiger partial charge in [0, 0.05) is 13.1 Å². The highest BCUT2D eigenvalue weighted by Gasteiger charge is 2.27. The van der Waals surface area contributed by atoms with Crippen molar-refractivity contribution in [3.05, 3.63) is 29.3 Å². The molecule has 1 aromatic rings. The lowest BCUT2D eigenvalue weighted by molar-refractivity contribution is -0.139. The van der Waals surface area contributed by atoms with Gasteiger partial charge in [-0.05, 0) is 68.6 Å². The first-order valence-electron chi connectivity index (χ1n) is 8.71. The average molecular weight is 301 g/mol. The van der Waals surface area contributed by atoms with E-state index in [-0.39, 0.29) is 5.91 Å². The van der Waals surface area contributed by atoms with Gasteiger partial charge in [0.2, 0.25) is 0 Å². The summed E-state index contributed by atoms with van der Waals surface area (Å²) in [4.78, 5) is 14.6. The molecule has 3 nitrogen and oxygen atoms in total. The van der Waals surface area contributed by atoms with Gasteiger partial charge < -0.3 is 9.64 Å². The van der Waals surface area contributed by atoms with Crippen LogP contribution in [0.1, 0.15) is 50.7 Å². The van der Waals surface area contributed by atoms with E-state index in [1.54, 1.807) is 0 Å². The second-order valence-corrected chi connectivity index (χ2v) is 6.89. The van der Waals surface area contributed by atoms with Crippen molar-refractivity contribution in [2.24, 2.45) is 5.92 Å². The van der Waals surface area contributed by atoms with Crippen LogP contribution in [0.3, 0.4) is 0 Å². The molecule has 1 fully saturated rings. The Hall–Kier alpha value is -1.51. The van der Waals surface area contributed by atoms with Crippen LogP contribution in [0.2, 0.25) is 0 Å². The lowest BCUT2D eigenvalue weighted by atomic mass is 9.91. The molecule has 0 bridgehead atoms. The fraction of sp³-hybridized carbons (Fsp3) is 0.632. The Morgan fingerprint density at radius 1 is 1.27 bits per heavy atom. The minimum atomic E-state index is -0.390. The molecule has 120 valence electrons. The van der Waals surface area contributed by atoms with E-state index in [1.165, 1.54) is 30.4 Å². The molecule has 22 heavy (non-hydrogen) atoms. The Morgan fingerprint density at radius 3 is 2.91 bits per heavy atom. The van der Waals surface area contributed by atoms with Gasteiger partial charge in [-0.15, -0.1) is 0 Å². The van der Waals surface area contributed by atoms with Crippen LogP contribution < -0.4 is 4.74 Å². The zero-order valence-electron chi connectivity index (χ0n) is 13.8. The Kier molecular flexibility index (Phi) is 4.70. The van der Waals surface area contributed by atoms with Gasteiger partial charge in [-0.3, -0.25) is 4.79 Å². The lowest BCUT2D eigenvalue weighted by Gasteiger charge is -2.33. The molecule has 2 atom stereocenters. The maximum atomic E-state index is 12.6. The van der Waals surface area contributed by atoms with Crippen molar-refractivity contribution in [2.45, 2.75) is 58.5 Å². The number of ether oxygens (including phenoxy) is 1. The fourth-order valence-electron chi connectivity index (χ4n) is 3.74. The largest absolute Gasteiger partial charge is 0.481 e. The van der Waals surface area contributed by atoms with Crippen LogP contribution in [0.5, 0.6) is 5.75 Å². The standard InChI is InChI=1S/C19H27NO2/c1-14-7-6-12-20(13-14)19(21)15(2)22-18-11-5-9-16-8-3-4-10-17(16)18/h5,9,11,14-15H,3-4,6-8,10,12-13H2,1-2H3. The first-order valence-corrected chi connectivity index (χ1v) is 8.71. The number of aryl methyl sites for hydroxylation is 1. The van der Waals surface area contributed by atoms with Crippen molar-refractivity contribution in [1.82, 2.24) is 4.90 Å². The topological polar surface area (TPSA) is 29.5 Å². The molecule has 0 radical (unpaired) electrons. The Balaban J connectivity index is 1.69. The van der Waals surface area contributed by atoms with Crippen molar-refractivity contribution in [3.8, 4) is 5.75 Å². The third-order valence-corrected chi connectivity index (χ3v) is 4.97. The molecule has 2 unspecified atom stereocenters. The molecule has 0 saturated carbocycles. The first-order chi connectivity index (χ1) is 10.6. The van der Waals surface area contributed by atoms with Gasteiger partial charge in [-0.25, -0.2) is 0 Å². The van der Waals surface area contributed by atoms with Crippen LogP contribution in [0.4, 0.5) is 0 Å². The number of likely N-dealkylation sites (tertiary alicyclic amines) is 1. The monoisotopic (exact) mass is 301 g/mol. The fourth-order valence-corrected chi connectivity index (χ4v) is 3.74. The normalized spacial score (nSPS) is 22.8. The maximum absolute atomic E-state index is 12.6. The summed E-state index contributed by atoms with van der Waals surface area (Å²) < 4.78 is 6.07. The number of piperidine rings is 1. The van der Waals surface area contributed by atoms with E-state index >= 15 is 0 Å². The SMILES string of the molecule is CC1CCCN(C(=O)C(C)Oc2cccc3c2CCCC3)C1. The average Bonchev–Trinajstić information content (AvgIpc) is 2.54. The van der Waals surface area contributed by atoms with E-state index in [0.717, 1.165) is 38.1 Å². The highest BCUT2D eigenvalue weighted by molar-refractivity contribution is 5.81.